The van der Waals surface area contributed by atoms with Crippen LogP contribution < -0.4 is 0 Å². The Morgan fingerprint density at radius 1 is 1.39 bits per heavy atom. The molecule has 2 rings (SSSR count). The van der Waals surface area contributed by atoms with E-state index in [1.54, 1.807) is 18.3 Å². The van der Waals surface area contributed by atoms with E-state index in [4.69, 9.17) is 4.74 Å². The minimum absolute atomic E-state index is 0.0611. The minimum Gasteiger partial charge on any atom is -0.458 e. The highest BCUT2D eigenvalue weighted by Gasteiger charge is 2.06. The average Bonchev–Trinajstić information content (AvgIpc) is 2.85. The molecular weight excluding hydrogens is 305 g/mol. The summed E-state index contributed by atoms with van der Waals surface area (Å²) in [5, 5.41) is 7.85. The van der Waals surface area contributed by atoms with E-state index in [-0.39, 0.29) is 23.7 Å². The number of aromatic nitrogens is 3. The minimum atomic E-state index is -0.369. The maximum absolute atomic E-state index is 12.7. The Balaban J connectivity index is 2.06. The number of ether oxygens (including phenoxy) is 1. The van der Waals surface area contributed by atoms with E-state index in [2.05, 4.69) is 26.2 Å². The van der Waals surface area contributed by atoms with Gasteiger partial charge < -0.3 is 4.74 Å². The van der Waals surface area contributed by atoms with Crippen LogP contribution in [0.1, 0.15) is 5.69 Å². The smallest absolute Gasteiger partial charge is 0.316 e. The van der Waals surface area contributed by atoms with E-state index in [9.17, 15) is 9.18 Å². The van der Waals surface area contributed by atoms with Crippen LogP contribution >= 0.6 is 15.9 Å². The van der Waals surface area contributed by atoms with Gasteiger partial charge in [-0.1, -0.05) is 21.1 Å². The number of esters is 1. The van der Waals surface area contributed by atoms with Crippen molar-refractivity contribution >= 4 is 21.9 Å². The largest absolute Gasteiger partial charge is 0.458 e. The Labute approximate surface area is 111 Å². The van der Waals surface area contributed by atoms with Gasteiger partial charge in [0.2, 0.25) is 0 Å². The van der Waals surface area contributed by atoms with Crippen molar-refractivity contribution in [3.8, 4) is 5.69 Å². The SMILES string of the molecule is O=C(CBr)OCc1cn(-c2ccc(F)cc2)nn1. The molecule has 0 fully saturated rings. The first-order valence-electron chi connectivity index (χ1n) is 5.08. The molecular formula is C11H9BrFN3O2. The lowest BCUT2D eigenvalue weighted by molar-refractivity contribution is -0.141. The predicted octanol–water partition coefficient (Wildman–Crippen LogP) is 1.84. The van der Waals surface area contributed by atoms with Crippen molar-refractivity contribution in [2.75, 3.05) is 5.33 Å². The number of nitrogens with zero attached hydrogens (tertiary/aromatic N) is 3. The number of carbonyl (C=O) groups excluding carboxylic acids is 1. The molecule has 0 spiro atoms. The van der Waals surface area contributed by atoms with E-state index in [0.717, 1.165) is 0 Å². The van der Waals surface area contributed by atoms with Crippen LogP contribution in [0.15, 0.2) is 30.5 Å². The first kappa shape index (κ1) is 12.7. The summed E-state index contributed by atoms with van der Waals surface area (Å²) in [6.45, 7) is 0.0611. The lowest BCUT2D eigenvalue weighted by Gasteiger charge is -1.99. The number of alkyl halides is 1. The number of hydrogen-bond donors (Lipinski definition) is 0. The Hall–Kier alpha value is -1.76. The van der Waals surface area contributed by atoms with Crippen molar-refractivity contribution in [2.45, 2.75) is 6.61 Å². The van der Waals surface area contributed by atoms with Crippen molar-refractivity contribution in [1.82, 2.24) is 15.0 Å². The molecule has 7 heteroatoms. The van der Waals surface area contributed by atoms with Crippen molar-refractivity contribution in [3.05, 3.63) is 42.0 Å². The third kappa shape index (κ3) is 3.13. The van der Waals surface area contributed by atoms with Gasteiger partial charge in [0.05, 0.1) is 11.9 Å². The molecule has 0 saturated heterocycles. The molecule has 1 aromatic carbocycles. The summed E-state index contributed by atoms with van der Waals surface area (Å²) in [7, 11) is 0. The van der Waals surface area contributed by atoms with Crippen LogP contribution in [0.2, 0.25) is 0 Å². The fourth-order valence-corrected chi connectivity index (χ4v) is 1.44. The summed E-state index contributed by atoms with van der Waals surface area (Å²) in [6, 6.07) is 5.83. The second-order valence-corrected chi connectivity index (χ2v) is 3.99. The summed E-state index contributed by atoms with van der Waals surface area (Å²) in [6.07, 6.45) is 1.62. The number of rotatable bonds is 4. The van der Waals surface area contributed by atoms with E-state index in [0.29, 0.717) is 11.4 Å². The molecule has 0 aliphatic rings. The Bertz CT molecular complexity index is 541. The zero-order valence-electron chi connectivity index (χ0n) is 9.22. The molecule has 0 atom stereocenters. The molecule has 0 unspecified atom stereocenters. The Morgan fingerprint density at radius 3 is 2.78 bits per heavy atom. The predicted molar refractivity (Wildman–Crippen MR) is 64.9 cm³/mol. The number of benzene rings is 1. The number of carbonyl (C=O) groups is 1. The van der Waals surface area contributed by atoms with Gasteiger partial charge in [-0.3, -0.25) is 4.79 Å². The molecule has 0 N–H and O–H groups in total. The normalized spacial score (nSPS) is 10.3. The second kappa shape index (κ2) is 5.72. The van der Waals surface area contributed by atoms with E-state index >= 15 is 0 Å². The number of hydrogen-bond acceptors (Lipinski definition) is 4. The third-order valence-electron chi connectivity index (χ3n) is 2.12. The zero-order chi connectivity index (χ0) is 13.0. The van der Waals surface area contributed by atoms with Gasteiger partial charge in [0.25, 0.3) is 0 Å². The fraction of sp³-hybridized carbons (Fsp3) is 0.182. The van der Waals surface area contributed by atoms with Gasteiger partial charge in [0.1, 0.15) is 23.4 Å². The van der Waals surface area contributed by atoms with Crippen molar-refractivity contribution in [1.29, 1.82) is 0 Å². The molecule has 0 bridgehead atoms. The van der Waals surface area contributed by atoms with Crippen molar-refractivity contribution < 1.29 is 13.9 Å². The molecule has 2 aromatic rings. The van der Waals surface area contributed by atoms with Gasteiger partial charge >= 0.3 is 5.97 Å². The lowest BCUT2D eigenvalue weighted by atomic mass is 10.3. The highest BCUT2D eigenvalue weighted by molar-refractivity contribution is 9.09. The van der Waals surface area contributed by atoms with Crippen molar-refractivity contribution in [2.24, 2.45) is 0 Å². The lowest BCUT2D eigenvalue weighted by Crippen LogP contribution is -2.05. The van der Waals surface area contributed by atoms with Gasteiger partial charge in [-0.15, -0.1) is 5.10 Å². The molecule has 18 heavy (non-hydrogen) atoms. The van der Waals surface area contributed by atoms with Gasteiger partial charge in [-0.05, 0) is 24.3 Å². The molecule has 5 nitrogen and oxygen atoms in total. The van der Waals surface area contributed by atoms with Crippen molar-refractivity contribution in [3.63, 3.8) is 0 Å². The maximum Gasteiger partial charge on any atom is 0.316 e. The van der Waals surface area contributed by atoms with Gasteiger partial charge in [-0.25, -0.2) is 9.07 Å². The summed E-state index contributed by atoms with van der Waals surface area (Å²) >= 11 is 2.99. The first-order valence-corrected chi connectivity index (χ1v) is 6.20. The fourth-order valence-electron chi connectivity index (χ4n) is 1.28. The third-order valence-corrected chi connectivity index (χ3v) is 2.58. The van der Waals surface area contributed by atoms with Crippen LogP contribution in [0.25, 0.3) is 5.69 Å². The van der Waals surface area contributed by atoms with Gasteiger partial charge in [-0.2, -0.15) is 0 Å². The molecule has 0 radical (unpaired) electrons. The van der Waals surface area contributed by atoms with Crippen LogP contribution in [0.4, 0.5) is 4.39 Å². The van der Waals surface area contributed by atoms with Crippen LogP contribution in [-0.4, -0.2) is 26.3 Å². The highest BCUT2D eigenvalue weighted by atomic mass is 79.9. The second-order valence-electron chi connectivity index (χ2n) is 3.43. The molecule has 0 aliphatic heterocycles. The van der Waals surface area contributed by atoms with E-state index in [1.807, 2.05) is 0 Å². The topological polar surface area (TPSA) is 57.0 Å². The summed E-state index contributed by atoms with van der Waals surface area (Å²) in [5.41, 5.74) is 1.20. The molecule has 94 valence electrons. The van der Waals surface area contributed by atoms with Gasteiger partial charge in [0, 0.05) is 0 Å². The molecule has 0 aliphatic carbocycles. The summed E-state index contributed by atoms with van der Waals surface area (Å²) in [4.78, 5) is 10.9. The van der Waals surface area contributed by atoms with Crippen LogP contribution in [0.3, 0.4) is 0 Å². The van der Waals surface area contributed by atoms with Crippen LogP contribution in [0.5, 0.6) is 0 Å². The average molecular weight is 314 g/mol. The summed E-state index contributed by atoms with van der Waals surface area (Å²) in [5.74, 6) is -0.684. The van der Waals surface area contributed by atoms with Gasteiger partial charge in [0.15, 0.2) is 0 Å². The Kier molecular flexibility index (Phi) is 4.03. The quantitative estimate of drug-likeness (QED) is 0.638. The molecule has 1 heterocycles. The standard InChI is InChI=1S/C11H9BrFN3O2/c12-5-11(17)18-7-9-6-16(15-14-9)10-3-1-8(13)2-4-10/h1-4,6H,5,7H2. The maximum atomic E-state index is 12.7. The highest BCUT2D eigenvalue weighted by Crippen LogP contribution is 2.08. The monoisotopic (exact) mass is 313 g/mol. The van der Waals surface area contributed by atoms with E-state index < -0.39 is 0 Å². The van der Waals surface area contributed by atoms with Crippen LogP contribution in [-0.2, 0) is 16.1 Å². The first-order chi connectivity index (χ1) is 8.69. The zero-order valence-corrected chi connectivity index (χ0v) is 10.8. The molecule has 0 saturated carbocycles. The molecule has 1 aromatic heterocycles. The van der Waals surface area contributed by atoms with Crippen LogP contribution in [0, 0.1) is 5.82 Å². The van der Waals surface area contributed by atoms with E-state index in [1.165, 1.54) is 16.8 Å². The molecule has 0 amide bonds. The number of halogens is 2. The summed E-state index contributed by atoms with van der Waals surface area (Å²) < 4.78 is 19.1. The Morgan fingerprint density at radius 2 is 2.11 bits per heavy atom.